The summed E-state index contributed by atoms with van der Waals surface area (Å²) < 4.78 is 13.0. The van der Waals surface area contributed by atoms with Crippen molar-refractivity contribution in [2.75, 3.05) is 6.26 Å². The lowest BCUT2D eigenvalue weighted by atomic mass is 9.97. The zero-order chi connectivity index (χ0) is 14.8. The first kappa shape index (κ1) is 13.8. The fourth-order valence-electron chi connectivity index (χ4n) is 2.40. The van der Waals surface area contributed by atoms with Gasteiger partial charge < -0.3 is 0 Å². The van der Waals surface area contributed by atoms with Crippen LogP contribution in [0.3, 0.4) is 0 Å². The maximum Gasteiger partial charge on any atom is 0.193 e. The van der Waals surface area contributed by atoms with Crippen LogP contribution < -0.4 is 0 Å². The Kier molecular flexibility index (Phi) is 3.76. The van der Waals surface area contributed by atoms with Gasteiger partial charge >= 0.3 is 0 Å². The van der Waals surface area contributed by atoms with E-state index in [2.05, 4.69) is 0 Å². The van der Waals surface area contributed by atoms with Gasteiger partial charge in [-0.3, -0.25) is 4.79 Å². The number of carbonyl (C=O) groups excluding carboxylic acids is 1. The highest BCUT2D eigenvalue weighted by Gasteiger charge is 2.14. The molecule has 0 saturated carbocycles. The number of hydrogen-bond acceptors (Lipinski definition) is 2. The third kappa shape index (κ3) is 2.57. The molecule has 0 aromatic heterocycles. The highest BCUT2D eigenvalue weighted by Crippen LogP contribution is 2.30. The summed E-state index contributed by atoms with van der Waals surface area (Å²) in [5, 5.41) is 2.00. The van der Waals surface area contributed by atoms with Crippen LogP contribution in [0.25, 0.3) is 10.8 Å². The molecule has 0 amide bonds. The molecule has 0 atom stereocenters. The molecule has 0 aliphatic heterocycles. The van der Waals surface area contributed by atoms with Crippen molar-refractivity contribution in [3.05, 3.63) is 77.6 Å². The van der Waals surface area contributed by atoms with Crippen LogP contribution in [0, 0.1) is 5.82 Å². The van der Waals surface area contributed by atoms with Gasteiger partial charge in [0.05, 0.1) is 0 Å². The summed E-state index contributed by atoms with van der Waals surface area (Å²) >= 11 is 1.66. The van der Waals surface area contributed by atoms with Gasteiger partial charge in [-0.1, -0.05) is 24.3 Å². The molecule has 0 N–H and O–H groups in total. The average Bonchev–Trinajstić information content (AvgIpc) is 2.54. The Bertz CT molecular complexity index is 809. The summed E-state index contributed by atoms with van der Waals surface area (Å²) in [6, 6.07) is 17.3. The number of hydrogen-bond donors (Lipinski definition) is 0. The van der Waals surface area contributed by atoms with Crippen LogP contribution >= 0.6 is 11.8 Å². The maximum absolute atomic E-state index is 13.0. The Labute approximate surface area is 126 Å². The summed E-state index contributed by atoms with van der Waals surface area (Å²) in [6.07, 6.45) is 2.02. The van der Waals surface area contributed by atoms with E-state index >= 15 is 0 Å². The van der Waals surface area contributed by atoms with E-state index in [9.17, 15) is 9.18 Å². The van der Waals surface area contributed by atoms with Crippen molar-refractivity contribution in [2.45, 2.75) is 4.90 Å². The molecule has 0 heterocycles. The van der Waals surface area contributed by atoms with Gasteiger partial charge in [-0.15, -0.1) is 11.8 Å². The third-order valence-electron chi connectivity index (χ3n) is 3.46. The zero-order valence-corrected chi connectivity index (χ0v) is 12.3. The molecule has 21 heavy (non-hydrogen) atoms. The molecule has 0 saturated heterocycles. The third-order valence-corrected chi connectivity index (χ3v) is 4.25. The van der Waals surface area contributed by atoms with Crippen LogP contribution in [0.5, 0.6) is 0 Å². The van der Waals surface area contributed by atoms with Gasteiger partial charge in [0.15, 0.2) is 5.78 Å². The van der Waals surface area contributed by atoms with E-state index in [1.165, 1.54) is 24.3 Å². The number of halogens is 1. The van der Waals surface area contributed by atoms with E-state index in [0.29, 0.717) is 11.1 Å². The van der Waals surface area contributed by atoms with Crippen molar-refractivity contribution in [1.29, 1.82) is 0 Å². The predicted octanol–water partition coefficient (Wildman–Crippen LogP) is 4.93. The molecule has 0 unspecified atom stereocenters. The van der Waals surface area contributed by atoms with Gasteiger partial charge in [0.1, 0.15) is 5.82 Å². The summed E-state index contributed by atoms with van der Waals surface area (Å²) in [4.78, 5) is 13.8. The van der Waals surface area contributed by atoms with Crippen LogP contribution in [0.15, 0.2) is 65.6 Å². The van der Waals surface area contributed by atoms with E-state index in [0.717, 1.165) is 15.7 Å². The number of ketones is 1. The second kappa shape index (κ2) is 5.70. The minimum atomic E-state index is -0.339. The van der Waals surface area contributed by atoms with Crippen molar-refractivity contribution in [2.24, 2.45) is 0 Å². The Morgan fingerprint density at radius 2 is 1.57 bits per heavy atom. The number of rotatable bonds is 3. The molecular formula is C18H13FOS. The van der Waals surface area contributed by atoms with Crippen LogP contribution in [-0.4, -0.2) is 12.0 Å². The SMILES string of the molecule is CSc1ccc(C(=O)c2ccc(F)cc2)c2ccccc12. The maximum atomic E-state index is 13.0. The Hall–Kier alpha value is -2.13. The van der Waals surface area contributed by atoms with Crippen molar-refractivity contribution in [3.8, 4) is 0 Å². The number of benzene rings is 3. The normalized spacial score (nSPS) is 10.8. The quantitative estimate of drug-likeness (QED) is 0.503. The van der Waals surface area contributed by atoms with Crippen LogP contribution in [0.4, 0.5) is 4.39 Å². The zero-order valence-electron chi connectivity index (χ0n) is 11.5. The molecule has 0 fully saturated rings. The van der Waals surface area contributed by atoms with Crippen molar-refractivity contribution < 1.29 is 9.18 Å². The van der Waals surface area contributed by atoms with Crippen molar-refractivity contribution in [1.82, 2.24) is 0 Å². The molecule has 0 radical (unpaired) electrons. The highest BCUT2D eigenvalue weighted by molar-refractivity contribution is 7.98. The molecule has 1 nitrogen and oxygen atoms in total. The molecule has 3 rings (SSSR count). The number of thioether (sulfide) groups is 1. The minimum absolute atomic E-state index is 0.0844. The van der Waals surface area contributed by atoms with Gasteiger partial charge in [-0.2, -0.15) is 0 Å². The lowest BCUT2D eigenvalue weighted by Gasteiger charge is -2.09. The largest absolute Gasteiger partial charge is 0.289 e. The van der Waals surface area contributed by atoms with Gasteiger partial charge in [-0.25, -0.2) is 4.39 Å². The van der Waals surface area contributed by atoms with Crippen LogP contribution in [0.1, 0.15) is 15.9 Å². The van der Waals surface area contributed by atoms with E-state index in [-0.39, 0.29) is 11.6 Å². The number of carbonyl (C=O) groups is 1. The minimum Gasteiger partial charge on any atom is -0.289 e. The highest BCUT2D eigenvalue weighted by atomic mass is 32.2. The van der Waals surface area contributed by atoms with Gasteiger partial charge in [0.2, 0.25) is 0 Å². The molecule has 0 aliphatic rings. The lowest BCUT2D eigenvalue weighted by Crippen LogP contribution is -2.02. The van der Waals surface area contributed by atoms with E-state index in [1.807, 2.05) is 42.7 Å². The molecule has 3 heteroatoms. The first-order valence-corrected chi connectivity index (χ1v) is 7.79. The fraction of sp³-hybridized carbons (Fsp3) is 0.0556. The molecule has 104 valence electrons. The Morgan fingerprint density at radius 1 is 0.905 bits per heavy atom. The van der Waals surface area contributed by atoms with Gasteiger partial charge in [-0.05, 0) is 53.4 Å². The van der Waals surface area contributed by atoms with Gasteiger partial charge in [0.25, 0.3) is 0 Å². The van der Waals surface area contributed by atoms with E-state index in [4.69, 9.17) is 0 Å². The standard InChI is InChI=1S/C18H13FOS/c1-21-17-11-10-16(14-4-2-3-5-15(14)17)18(20)12-6-8-13(19)9-7-12/h2-11H,1H3. The van der Waals surface area contributed by atoms with E-state index in [1.54, 1.807) is 11.8 Å². The fourth-order valence-corrected chi connectivity index (χ4v) is 3.01. The smallest absolute Gasteiger partial charge is 0.193 e. The average molecular weight is 296 g/mol. The molecule has 0 aliphatic carbocycles. The topological polar surface area (TPSA) is 17.1 Å². The number of fused-ring (bicyclic) bond motifs is 1. The molecule has 3 aromatic carbocycles. The second-order valence-electron chi connectivity index (χ2n) is 4.70. The van der Waals surface area contributed by atoms with Gasteiger partial charge in [0, 0.05) is 16.0 Å². The monoisotopic (exact) mass is 296 g/mol. The Morgan fingerprint density at radius 3 is 2.24 bits per heavy atom. The molecule has 0 spiro atoms. The predicted molar refractivity (Wildman–Crippen MR) is 85.6 cm³/mol. The lowest BCUT2D eigenvalue weighted by molar-refractivity contribution is 0.104. The van der Waals surface area contributed by atoms with Crippen LogP contribution in [0.2, 0.25) is 0 Å². The van der Waals surface area contributed by atoms with Crippen molar-refractivity contribution in [3.63, 3.8) is 0 Å². The second-order valence-corrected chi connectivity index (χ2v) is 5.55. The molecule has 0 bridgehead atoms. The first-order valence-electron chi connectivity index (χ1n) is 6.56. The summed E-state index contributed by atoms with van der Waals surface area (Å²) in [7, 11) is 0. The summed E-state index contributed by atoms with van der Waals surface area (Å²) in [5.74, 6) is -0.423. The molecule has 3 aromatic rings. The summed E-state index contributed by atoms with van der Waals surface area (Å²) in [6.45, 7) is 0. The first-order chi connectivity index (χ1) is 10.2. The van der Waals surface area contributed by atoms with Crippen LogP contribution in [-0.2, 0) is 0 Å². The Balaban J connectivity index is 2.16. The van der Waals surface area contributed by atoms with Crippen molar-refractivity contribution >= 4 is 28.3 Å². The van der Waals surface area contributed by atoms with E-state index < -0.39 is 0 Å². The summed E-state index contributed by atoms with van der Waals surface area (Å²) in [5.41, 5.74) is 1.15. The molecular weight excluding hydrogens is 283 g/mol.